The van der Waals surface area contributed by atoms with Crippen molar-refractivity contribution in [3.8, 4) is 11.5 Å². The van der Waals surface area contributed by atoms with Gasteiger partial charge in [0.2, 0.25) is 0 Å². The molecule has 0 fully saturated rings. The number of para-hydroxylation sites is 2. The Labute approximate surface area is 163 Å². The number of halogens is 5. The highest BCUT2D eigenvalue weighted by atomic mass is 19.4. The molecule has 0 heterocycles. The van der Waals surface area contributed by atoms with Gasteiger partial charge in [0.15, 0.2) is 11.5 Å². The number of alkyl halides is 3. The SMILES string of the molecule is O=C(CC=C(F)F)OCCOc1ccccc1OCc1ccc(C(F)(F)F)cc1. The molecule has 0 radical (unpaired) electrons. The van der Waals surface area contributed by atoms with Crippen molar-refractivity contribution in [1.29, 1.82) is 0 Å². The molecular weight excluding hydrogens is 399 g/mol. The molecule has 29 heavy (non-hydrogen) atoms. The normalized spacial score (nSPS) is 10.9. The van der Waals surface area contributed by atoms with Gasteiger partial charge in [-0.3, -0.25) is 4.79 Å². The predicted molar refractivity (Wildman–Crippen MR) is 93.6 cm³/mol. The van der Waals surface area contributed by atoms with Gasteiger partial charge in [-0.1, -0.05) is 24.3 Å². The maximum atomic E-state index is 12.6. The van der Waals surface area contributed by atoms with E-state index in [0.29, 0.717) is 23.1 Å². The summed E-state index contributed by atoms with van der Waals surface area (Å²) in [6.07, 6.45) is -6.44. The fourth-order valence-electron chi connectivity index (χ4n) is 2.17. The van der Waals surface area contributed by atoms with Crippen LogP contribution in [0.3, 0.4) is 0 Å². The summed E-state index contributed by atoms with van der Waals surface area (Å²) in [6.45, 7) is -0.156. The van der Waals surface area contributed by atoms with Crippen LogP contribution in [0.1, 0.15) is 17.5 Å². The van der Waals surface area contributed by atoms with Crippen molar-refractivity contribution in [2.24, 2.45) is 0 Å². The molecule has 0 bridgehead atoms. The first-order valence-corrected chi connectivity index (χ1v) is 8.43. The number of carbonyl (C=O) groups is 1. The molecule has 2 aromatic rings. The van der Waals surface area contributed by atoms with Gasteiger partial charge in [-0.15, -0.1) is 0 Å². The molecule has 0 saturated heterocycles. The van der Waals surface area contributed by atoms with Crippen molar-refractivity contribution < 1.29 is 41.0 Å². The maximum Gasteiger partial charge on any atom is 0.416 e. The Morgan fingerprint density at radius 2 is 1.52 bits per heavy atom. The standard InChI is InChI=1S/C20H17F5O4/c21-18(22)9-10-19(26)28-12-11-27-16-3-1-2-4-17(16)29-13-14-5-7-15(8-6-14)20(23,24)25/h1-9H,10-13H2. The van der Waals surface area contributed by atoms with E-state index in [1.807, 2.05) is 0 Å². The van der Waals surface area contributed by atoms with Gasteiger partial charge < -0.3 is 14.2 Å². The molecule has 0 atom stereocenters. The Hall–Kier alpha value is -3.10. The van der Waals surface area contributed by atoms with E-state index in [9.17, 15) is 26.7 Å². The first-order valence-electron chi connectivity index (χ1n) is 8.43. The third-order valence-corrected chi connectivity index (χ3v) is 3.55. The molecule has 0 aliphatic heterocycles. The van der Waals surface area contributed by atoms with Crippen LogP contribution in [0.15, 0.2) is 60.7 Å². The van der Waals surface area contributed by atoms with Crippen molar-refractivity contribution in [1.82, 2.24) is 0 Å². The molecular formula is C20H17F5O4. The lowest BCUT2D eigenvalue weighted by Gasteiger charge is -2.13. The van der Waals surface area contributed by atoms with Crippen molar-refractivity contribution in [2.45, 2.75) is 19.2 Å². The van der Waals surface area contributed by atoms with Crippen LogP contribution in [0.5, 0.6) is 11.5 Å². The minimum atomic E-state index is -4.40. The first-order chi connectivity index (χ1) is 13.8. The van der Waals surface area contributed by atoms with Crippen LogP contribution in [0, 0.1) is 0 Å². The zero-order valence-electron chi connectivity index (χ0n) is 15.0. The number of carbonyl (C=O) groups excluding carboxylic acids is 1. The van der Waals surface area contributed by atoms with Gasteiger partial charge in [-0.25, -0.2) is 0 Å². The lowest BCUT2D eigenvalue weighted by Crippen LogP contribution is -2.12. The fourth-order valence-corrected chi connectivity index (χ4v) is 2.17. The second-order valence-corrected chi connectivity index (χ2v) is 5.70. The summed E-state index contributed by atoms with van der Waals surface area (Å²) in [5.41, 5.74) is -0.209. The summed E-state index contributed by atoms with van der Waals surface area (Å²) < 4.78 is 77.3. The summed E-state index contributed by atoms with van der Waals surface area (Å²) in [5, 5.41) is 0. The van der Waals surface area contributed by atoms with Crippen LogP contribution in [-0.4, -0.2) is 19.2 Å². The van der Waals surface area contributed by atoms with Crippen molar-refractivity contribution >= 4 is 5.97 Å². The Morgan fingerprint density at radius 3 is 2.10 bits per heavy atom. The lowest BCUT2D eigenvalue weighted by molar-refractivity contribution is -0.143. The van der Waals surface area contributed by atoms with Crippen LogP contribution in [0.4, 0.5) is 22.0 Å². The quantitative estimate of drug-likeness (QED) is 0.313. The number of rotatable bonds is 9. The Kier molecular flexibility index (Phi) is 7.99. The lowest BCUT2D eigenvalue weighted by atomic mass is 10.1. The minimum absolute atomic E-state index is 0.0224. The average Bonchev–Trinajstić information content (AvgIpc) is 2.68. The number of ether oxygens (including phenoxy) is 3. The van der Waals surface area contributed by atoms with Crippen LogP contribution < -0.4 is 9.47 Å². The fraction of sp³-hybridized carbons (Fsp3) is 0.250. The molecule has 0 N–H and O–H groups in total. The third-order valence-electron chi connectivity index (χ3n) is 3.55. The molecule has 4 nitrogen and oxygen atoms in total. The van der Waals surface area contributed by atoms with Crippen LogP contribution >= 0.6 is 0 Å². The number of esters is 1. The van der Waals surface area contributed by atoms with E-state index in [-0.39, 0.29) is 19.8 Å². The summed E-state index contributed by atoms with van der Waals surface area (Å²) in [6, 6.07) is 11.2. The number of hydrogen-bond acceptors (Lipinski definition) is 4. The van der Waals surface area contributed by atoms with E-state index >= 15 is 0 Å². The Balaban J connectivity index is 1.84. The molecule has 0 spiro atoms. The second-order valence-electron chi connectivity index (χ2n) is 5.70. The molecule has 0 aliphatic rings. The molecule has 2 rings (SSSR count). The summed E-state index contributed by atoms with van der Waals surface area (Å²) in [7, 11) is 0. The summed E-state index contributed by atoms with van der Waals surface area (Å²) in [5.74, 6) is -0.125. The topological polar surface area (TPSA) is 44.8 Å². The van der Waals surface area contributed by atoms with Gasteiger partial charge in [0.05, 0.1) is 12.0 Å². The van der Waals surface area contributed by atoms with Gasteiger partial charge in [0.1, 0.15) is 19.8 Å². The van der Waals surface area contributed by atoms with Gasteiger partial charge in [0.25, 0.3) is 6.08 Å². The summed E-state index contributed by atoms with van der Waals surface area (Å²) in [4.78, 5) is 11.2. The van der Waals surface area contributed by atoms with Gasteiger partial charge in [-0.05, 0) is 35.9 Å². The zero-order chi connectivity index (χ0) is 21.3. The van der Waals surface area contributed by atoms with E-state index in [2.05, 4.69) is 0 Å². The van der Waals surface area contributed by atoms with Crippen molar-refractivity contribution in [3.05, 3.63) is 71.8 Å². The molecule has 0 saturated carbocycles. The van der Waals surface area contributed by atoms with E-state index in [1.165, 1.54) is 12.1 Å². The van der Waals surface area contributed by atoms with E-state index in [4.69, 9.17) is 14.2 Å². The minimum Gasteiger partial charge on any atom is -0.486 e. The van der Waals surface area contributed by atoms with E-state index in [1.54, 1.807) is 24.3 Å². The van der Waals surface area contributed by atoms with Gasteiger partial charge in [-0.2, -0.15) is 22.0 Å². The highest BCUT2D eigenvalue weighted by Gasteiger charge is 2.29. The largest absolute Gasteiger partial charge is 0.486 e. The van der Waals surface area contributed by atoms with Gasteiger partial charge in [0, 0.05) is 0 Å². The first kappa shape index (κ1) is 22.2. The van der Waals surface area contributed by atoms with Crippen LogP contribution in [-0.2, 0) is 22.3 Å². The number of benzene rings is 2. The smallest absolute Gasteiger partial charge is 0.416 e. The molecule has 2 aromatic carbocycles. The third kappa shape index (κ3) is 7.81. The molecule has 156 valence electrons. The number of hydrogen-bond donors (Lipinski definition) is 0. The highest BCUT2D eigenvalue weighted by Crippen LogP contribution is 2.30. The van der Waals surface area contributed by atoms with Crippen LogP contribution in [0.25, 0.3) is 0 Å². The Morgan fingerprint density at radius 1 is 0.897 bits per heavy atom. The molecule has 0 amide bonds. The highest BCUT2D eigenvalue weighted by molar-refractivity contribution is 5.71. The molecule has 0 unspecified atom stereocenters. The summed E-state index contributed by atoms with van der Waals surface area (Å²) >= 11 is 0. The predicted octanol–water partition coefficient (Wildman–Crippen LogP) is 5.38. The average molecular weight is 416 g/mol. The molecule has 0 aromatic heterocycles. The second kappa shape index (κ2) is 10.4. The van der Waals surface area contributed by atoms with Crippen molar-refractivity contribution in [3.63, 3.8) is 0 Å². The Bertz CT molecular complexity index is 828. The zero-order valence-corrected chi connectivity index (χ0v) is 15.0. The molecule has 0 aliphatic carbocycles. The van der Waals surface area contributed by atoms with Crippen molar-refractivity contribution in [2.75, 3.05) is 13.2 Å². The van der Waals surface area contributed by atoms with Crippen LogP contribution in [0.2, 0.25) is 0 Å². The molecule has 9 heteroatoms. The monoisotopic (exact) mass is 416 g/mol. The maximum absolute atomic E-state index is 12.6. The van der Waals surface area contributed by atoms with Gasteiger partial charge >= 0.3 is 12.1 Å². The van der Waals surface area contributed by atoms with E-state index in [0.717, 1.165) is 12.1 Å². The van der Waals surface area contributed by atoms with E-state index < -0.39 is 30.2 Å².